The number of rotatable bonds is 10. The Morgan fingerprint density at radius 1 is 0.889 bits per heavy atom. The molecule has 8 nitrogen and oxygen atoms in total. The fraction of sp³-hybridized carbons (Fsp3) is 0.143. The number of aromatic nitrogens is 1. The molecule has 0 aliphatic carbocycles. The molecule has 228 valence electrons. The van der Waals surface area contributed by atoms with Crippen molar-refractivity contribution in [3.05, 3.63) is 119 Å². The first-order chi connectivity index (χ1) is 21.6. The van der Waals surface area contributed by atoms with E-state index < -0.39 is 5.91 Å². The van der Waals surface area contributed by atoms with Crippen molar-refractivity contribution < 1.29 is 14.4 Å². The summed E-state index contributed by atoms with van der Waals surface area (Å²) >= 11 is 2.86. The van der Waals surface area contributed by atoms with Crippen LogP contribution < -0.4 is 20.9 Å². The van der Waals surface area contributed by atoms with Gasteiger partial charge in [0.25, 0.3) is 11.8 Å². The van der Waals surface area contributed by atoms with Gasteiger partial charge in [0.05, 0.1) is 15.5 Å². The zero-order valence-electron chi connectivity index (χ0n) is 25.3. The molecule has 45 heavy (non-hydrogen) atoms. The Labute approximate surface area is 270 Å². The normalized spacial score (nSPS) is 12.0. The van der Waals surface area contributed by atoms with E-state index in [2.05, 4.69) is 27.0 Å². The Bertz CT molecular complexity index is 1850. The van der Waals surface area contributed by atoms with E-state index in [-0.39, 0.29) is 22.8 Å². The van der Waals surface area contributed by atoms with Crippen molar-refractivity contribution in [3.63, 3.8) is 0 Å². The van der Waals surface area contributed by atoms with Crippen molar-refractivity contribution in [2.24, 2.45) is 0 Å². The predicted octanol–water partition coefficient (Wildman–Crippen LogP) is 7.20. The van der Waals surface area contributed by atoms with Crippen LogP contribution in [0.4, 0.5) is 16.5 Å². The van der Waals surface area contributed by atoms with Gasteiger partial charge < -0.3 is 20.9 Å². The Kier molecular flexibility index (Phi) is 9.96. The van der Waals surface area contributed by atoms with Crippen LogP contribution in [-0.2, 0) is 9.59 Å². The smallest absolute Gasteiger partial charge is 0.272 e. The van der Waals surface area contributed by atoms with Gasteiger partial charge in [-0.25, -0.2) is 4.98 Å². The molecule has 0 aliphatic rings. The third kappa shape index (κ3) is 8.37. The highest BCUT2D eigenvalue weighted by atomic mass is 32.2. The van der Waals surface area contributed by atoms with E-state index in [1.54, 1.807) is 42.5 Å². The first kappa shape index (κ1) is 31.5. The van der Waals surface area contributed by atoms with E-state index in [1.807, 2.05) is 87.4 Å². The van der Waals surface area contributed by atoms with Crippen LogP contribution in [0, 0.1) is 6.92 Å². The summed E-state index contributed by atoms with van der Waals surface area (Å²) in [5.74, 6) is -0.993. The molecule has 0 fully saturated rings. The van der Waals surface area contributed by atoms with Crippen LogP contribution >= 0.6 is 23.1 Å². The minimum absolute atomic E-state index is 0.107. The predicted molar refractivity (Wildman–Crippen MR) is 186 cm³/mol. The van der Waals surface area contributed by atoms with E-state index in [9.17, 15) is 14.4 Å². The zero-order chi connectivity index (χ0) is 31.9. The number of anilines is 3. The monoisotopic (exact) mass is 635 g/mol. The zero-order valence-corrected chi connectivity index (χ0v) is 27.0. The van der Waals surface area contributed by atoms with Gasteiger partial charge in [-0.3, -0.25) is 14.4 Å². The molecule has 1 aromatic heterocycles. The number of carbonyl (C=O) groups is 3. The minimum Gasteiger partial charge on any atom is -0.378 e. The highest BCUT2D eigenvalue weighted by molar-refractivity contribution is 8.00. The van der Waals surface area contributed by atoms with Gasteiger partial charge in [-0.15, -0.1) is 11.8 Å². The van der Waals surface area contributed by atoms with E-state index in [0.29, 0.717) is 16.4 Å². The van der Waals surface area contributed by atoms with Crippen LogP contribution in [0.15, 0.2) is 108 Å². The average Bonchev–Trinajstić information content (AvgIpc) is 3.43. The summed E-state index contributed by atoms with van der Waals surface area (Å²) in [6.45, 7) is 3.86. The SMILES string of the molecule is Cc1ccc2nc(NC(=O)C(C)Sc3ccc(NC(=O)/C(=C/c4ccc(N(C)C)cc4)NC(=O)c4ccccc4)cc3)sc2c1. The molecule has 4 aromatic carbocycles. The Morgan fingerprint density at radius 3 is 2.29 bits per heavy atom. The molecule has 3 amide bonds. The number of nitrogens with one attached hydrogen (secondary N) is 3. The average molecular weight is 636 g/mol. The molecule has 3 N–H and O–H groups in total. The largest absolute Gasteiger partial charge is 0.378 e. The first-order valence-electron chi connectivity index (χ1n) is 14.3. The number of thiazole rings is 1. The summed E-state index contributed by atoms with van der Waals surface area (Å²) in [5.41, 5.74) is 4.88. The molecule has 0 aliphatic heterocycles. The quantitative estimate of drug-likeness (QED) is 0.111. The highest BCUT2D eigenvalue weighted by Crippen LogP contribution is 2.29. The number of fused-ring (bicyclic) bond motifs is 1. The number of hydrogen-bond acceptors (Lipinski definition) is 7. The molecule has 1 unspecified atom stereocenters. The molecule has 10 heteroatoms. The second-order valence-corrected chi connectivity index (χ2v) is 13.0. The maximum atomic E-state index is 13.4. The molecule has 5 aromatic rings. The number of amides is 3. The van der Waals surface area contributed by atoms with Gasteiger partial charge in [-0.05, 0) is 91.7 Å². The molecule has 0 bridgehead atoms. The Hall–Kier alpha value is -4.93. The lowest BCUT2D eigenvalue weighted by atomic mass is 10.1. The fourth-order valence-electron chi connectivity index (χ4n) is 4.34. The van der Waals surface area contributed by atoms with Gasteiger partial charge in [0.1, 0.15) is 5.70 Å². The van der Waals surface area contributed by atoms with Crippen molar-refractivity contribution in [3.8, 4) is 0 Å². The molecule has 0 radical (unpaired) electrons. The molecular formula is C35H33N5O3S2. The Morgan fingerprint density at radius 2 is 1.60 bits per heavy atom. The van der Waals surface area contributed by atoms with Gasteiger partial charge in [-0.1, -0.05) is 47.7 Å². The number of aryl methyl sites for hydroxylation is 1. The van der Waals surface area contributed by atoms with Crippen molar-refractivity contribution in [2.75, 3.05) is 29.6 Å². The summed E-state index contributed by atoms with van der Waals surface area (Å²) in [6.07, 6.45) is 1.65. The van der Waals surface area contributed by atoms with Crippen LogP contribution in [0.1, 0.15) is 28.4 Å². The van der Waals surface area contributed by atoms with Gasteiger partial charge in [0.2, 0.25) is 5.91 Å². The lowest BCUT2D eigenvalue weighted by molar-refractivity contribution is -0.115. The maximum absolute atomic E-state index is 13.4. The topological polar surface area (TPSA) is 103 Å². The van der Waals surface area contributed by atoms with Gasteiger partial charge in [0.15, 0.2) is 5.13 Å². The van der Waals surface area contributed by atoms with Gasteiger partial charge >= 0.3 is 0 Å². The van der Waals surface area contributed by atoms with E-state index in [0.717, 1.165) is 31.9 Å². The Balaban J connectivity index is 1.24. The van der Waals surface area contributed by atoms with Crippen LogP contribution in [0.3, 0.4) is 0 Å². The van der Waals surface area contributed by atoms with E-state index in [4.69, 9.17) is 0 Å². The first-order valence-corrected chi connectivity index (χ1v) is 16.0. The third-order valence-electron chi connectivity index (χ3n) is 6.82. The van der Waals surface area contributed by atoms with Gasteiger partial charge in [0, 0.05) is 35.9 Å². The number of thioether (sulfide) groups is 1. The summed E-state index contributed by atoms with van der Waals surface area (Å²) in [6, 6.07) is 29.6. The summed E-state index contributed by atoms with van der Waals surface area (Å²) in [7, 11) is 3.90. The van der Waals surface area contributed by atoms with E-state index >= 15 is 0 Å². The second-order valence-electron chi connectivity index (χ2n) is 10.6. The molecule has 1 atom stereocenters. The van der Waals surface area contributed by atoms with Crippen LogP contribution in [0.25, 0.3) is 16.3 Å². The van der Waals surface area contributed by atoms with Crippen LogP contribution in [0.5, 0.6) is 0 Å². The van der Waals surface area contributed by atoms with Crippen molar-refractivity contribution >= 4 is 73.6 Å². The van der Waals surface area contributed by atoms with Crippen molar-refractivity contribution in [2.45, 2.75) is 24.0 Å². The number of hydrogen-bond donors (Lipinski definition) is 3. The minimum atomic E-state index is -0.463. The maximum Gasteiger partial charge on any atom is 0.272 e. The van der Waals surface area contributed by atoms with Crippen molar-refractivity contribution in [1.29, 1.82) is 0 Å². The van der Waals surface area contributed by atoms with Crippen LogP contribution in [-0.4, -0.2) is 42.1 Å². The summed E-state index contributed by atoms with van der Waals surface area (Å²) in [5, 5.41) is 8.76. The van der Waals surface area contributed by atoms with E-state index in [1.165, 1.54) is 23.1 Å². The molecular weight excluding hydrogens is 603 g/mol. The molecule has 0 saturated carbocycles. The van der Waals surface area contributed by atoms with Crippen LogP contribution in [0.2, 0.25) is 0 Å². The number of carbonyl (C=O) groups excluding carboxylic acids is 3. The lowest BCUT2D eigenvalue weighted by Gasteiger charge is -2.14. The lowest BCUT2D eigenvalue weighted by Crippen LogP contribution is -2.30. The van der Waals surface area contributed by atoms with Crippen molar-refractivity contribution in [1.82, 2.24) is 10.3 Å². The molecule has 5 rings (SSSR count). The third-order valence-corrected chi connectivity index (χ3v) is 8.86. The summed E-state index contributed by atoms with van der Waals surface area (Å²) < 4.78 is 1.03. The second kappa shape index (κ2) is 14.2. The molecule has 0 saturated heterocycles. The summed E-state index contributed by atoms with van der Waals surface area (Å²) in [4.78, 5) is 46.6. The number of nitrogens with zero attached hydrogens (tertiary/aromatic N) is 2. The fourth-order valence-corrected chi connectivity index (χ4v) is 6.18. The molecule has 0 spiro atoms. The van der Waals surface area contributed by atoms with Gasteiger partial charge in [-0.2, -0.15) is 0 Å². The standard InChI is InChI=1S/C35H33N5O3S2/c1-22-10-19-29-31(20-22)45-35(38-29)39-32(41)23(2)44-28-17-13-26(14-18-28)36-34(43)30(37-33(42)25-8-6-5-7-9-25)21-24-11-15-27(16-12-24)40(3)4/h5-21,23H,1-4H3,(H,36,43)(H,37,42)(H,38,39,41)/b30-21-. The number of benzene rings is 4. The highest BCUT2D eigenvalue weighted by Gasteiger charge is 2.18. The molecule has 1 heterocycles.